The lowest BCUT2D eigenvalue weighted by Crippen LogP contribution is -2.33. The van der Waals surface area contributed by atoms with Crippen LogP contribution in [0.15, 0.2) is 22.7 Å². The Morgan fingerprint density at radius 2 is 2.16 bits per heavy atom. The van der Waals surface area contributed by atoms with Crippen LogP contribution in [0.5, 0.6) is 0 Å². The third-order valence-corrected chi connectivity index (χ3v) is 3.73. The van der Waals surface area contributed by atoms with Crippen molar-refractivity contribution in [1.82, 2.24) is 0 Å². The summed E-state index contributed by atoms with van der Waals surface area (Å²) >= 11 is 3.06. The van der Waals surface area contributed by atoms with Crippen molar-refractivity contribution >= 4 is 21.6 Å². The molecule has 6 heteroatoms. The maximum Gasteiger partial charge on any atom is 0.418 e. The molecule has 1 aromatic rings. The van der Waals surface area contributed by atoms with Gasteiger partial charge in [0.2, 0.25) is 0 Å². The molecule has 1 heterocycles. The second kappa shape index (κ2) is 5.32. The normalized spacial score (nSPS) is 23.6. The van der Waals surface area contributed by atoms with E-state index >= 15 is 0 Å². The molecule has 0 aromatic heterocycles. The van der Waals surface area contributed by atoms with Crippen LogP contribution >= 0.6 is 15.9 Å². The molecule has 106 valence electrons. The largest absolute Gasteiger partial charge is 0.418 e. The summed E-state index contributed by atoms with van der Waals surface area (Å²) in [5.74, 6) is 0. The predicted octanol–water partition coefficient (Wildman–Crippen LogP) is 4.45. The smallest absolute Gasteiger partial charge is 0.382 e. The molecule has 1 aliphatic rings. The summed E-state index contributed by atoms with van der Waals surface area (Å²) in [5, 5.41) is 2.86. The van der Waals surface area contributed by atoms with Crippen LogP contribution in [0.4, 0.5) is 18.9 Å². The van der Waals surface area contributed by atoms with Crippen molar-refractivity contribution in [1.29, 1.82) is 0 Å². The van der Waals surface area contributed by atoms with Gasteiger partial charge in [-0.1, -0.05) is 15.9 Å². The Bertz CT molecular complexity index is 456. The standard InChI is InChI=1S/C13H15BrF3NO/c1-12(5-2-6-19-12)8-18-11-4-3-9(14)7-10(11)13(15,16)17/h3-4,7,18H,2,5-6,8H2,1H3. The fourth-order valence-corrected chi connectivity index (χ4v) is 2.52. The Morgan fingerprint density at radius 3 is 2.74 bits per heavy atom. The summed E-state index contributed by atoms with van der Waals surface area (Å²) in [6.45, 7) is 2.96. The number of anilines is 1. The maximum atomic E-state index is 12.9. The number of ether oxygens (including phenoxy) is 1. The van der Waals surface area contributed by atoms with Gasteiger partial charge in [-0.15, -0.1) is 0 Å². The lowest BCUT2D eigenvalue weighted by molar-refractivity contribution is -0.137. The highest BCUT2D eigenvalue weighted by Gasteiger charge is 2.35. The first kappa shape index (κ1) is 14.7. The molecule has 1 atom stereocenters. The Balaban J connectivity index is 2.16. The summed E-state index contributed by atoms with van der Waals surface area (Å²) in [6.07, 6.45) is -2.56. The molecule has 1 saturated heterocycles. The first-order valence-electron chi connectivity index (χ1n) is 6.05. The second-order valence-electron chi connectivity index (χ2n) is 4.94. The number of hydrogen-bond donors (Lipinski definition) is 1. The average molecular weight is 338 g/mol. The highest BCUT2D eigenvalue weighted by molar-refractivity contribution is 9.10. The van der Waals surface area contributed by atoms with Crippen molar-refractivity contribution in [2.45, 2.75) is 31.5 Å². The van der Waals surface area contributed by atoms with Gasteiger partial charge in [-0.2, -0.15) is 13.2 Å². The molecule has 0 bridgehead atoms. The van der Waals surface area contributed by atoms with Gasteiger partial charge in [0.05, 0.1) is 11.2 Å². The molecule has 2 rings (SSSR count). The lowest BCUT2D eigenvalue weighted by atomic mass is 10.0. The van der Waals surface area contributed by atoms with Crippen LogP contribution in [0, 0.1) is 0 Å². The predicted molar refractivity (Wildman–Crippen MR) is 71.2 cm³/mol. The fraction of sp³-hybridized carbons (Fsp3) is 0.538. The number of rotatable bonds is 3. The Hall–Kier alpha value is -0.750. The van der Waals surface area contributed by atoms with Gasteiger partial charge in [0.25, 0.3) is 0 Å². The molecule has 1 aromatic carbocycles. The molecule has 19 heavy (non-hydrogen) atoms. The van der Waals surface area contributed by atoms with E-state index < -0.39 is 11.7 Å². The summed E-state index contributed by atoms with van der Waals surface area (Å²) in [4.78, 5) is 0. The van der Waals surface area contributed by atoms with Gasteiger partial charge < -0.3 is 10.1 Å². The van der Waals surface area contributed by atoms with Crippen LogP contribution in [0.25, 0.3) is 0 Å². The summed E-state index contributed by atoms with van der Waals surface area (Å²) < 4.78 is 44.8. The zero-order valence-electron chi connectivity index (χ0n) is 10.5. The fourth-order valence-electron chi connectivity index (χ4n) is 2.16. The van der Waals surface area contributed by atoms with Crippen LogP contribution < -0.4 is 5.32 Å². The van der Waals surface area contributed by atoms with Gasteiger partial charge >= 0.3 is 6.18 Å². The highest BCUT2D eigenvalue weighted by Crippen LogP contribution is 2.37. The Morgan fingerprint density at radius 1 is 1.42 bits per heavy atom. The van der Waals surface area contributed by atoms with E-state index in [9.17, 15) is 13.2 Å². The average Bonchev–Trinajstić information content (AvgIpc) is 2.74. The lowest BCUT2D eigenvalue weighted by Gasteiger charge is -2.25. The van der Waals surface area contributed by atoms with E-state index in [0.29, 0.717) is 17.6 Å². The third kappa shape index (κ3) is 3.63. The van der Waals surface area contributed by atoms with Crippen molar-refractivity contribution in [2.75, 3.05) is 18.5 Å². The van der Waals surface area contributed by atoms with Crippen molar-refractivity contribution in [3.8, 4) is 0 Å². The SMILES string of the molecule is CC1(CNc2ccc(Br)cc2C(F)(F)F)CCCO1. The summed E-state index contributed by atoms with van der Waals surface area (Å²) in [5.41, 5.74) is -0.952. The molecule has 1 aliphatic heterocycles. The van der Waals surface area contributed by atoms with E-state index in [2.05, 4.69) is 21.2 Å². The van der Waals surface area contributed by atoms with Gasteiger partial charge in [0.1, 0.15) is 0 Å². The molecule has 1 N–H and O–H groups in total. The zero-order chi connectivity index (χ0) is 14.1. The molecule has 1 unspecified atom stereocenters. The summed E-state index contributed by atoms with van der Waals surface area (Å²) in [6, 6.07) is 4.11. The van der Waals surface area contributed by atoms with Crippen LogP contribution in [-0.2, 0) is 10.9 Å². The van der Waals surface area contributed by atoms with Gasteiger partial charge in [-0.3, -0.25) is 0 Å². The molecule has 0 radical (unpaired) electrons. The quantitative estimate of drug-likeness (QED) is 0.879. The van der Waals surface area contributed by atoms with E-state index in [-0.39, 0.29) is 11.3 Å². The highest BCUT2D eigenvalue weighted by atomic mass is 79.9. The zero-order valence-corrected chi connectivity index (χ0v) is 12.1. The number of benzene rings is 1. The Labute approximate surface area is 118 Å². The first-order valence-corrected chi connectivity index (χ1v) is 6.84. The summed E-state index contributed by atoms with van der Waals surface area (Å²) in [7, 11) is 0. The van der Waals surface area contributed by atoms with Gasteiger partial charge in [0, 0.05) is 23.3 Å². The molecular formula is C13H15BrF3NO. The minimum Gasteiger partial charge on any atom is -0.382 e. The van der Waals surface area contributed by atoms with E-state index in [4.69, 9.17) is 4.74 Å². The van der Waals surface area contributed by atoms with E-state index in [0.717, 1.165) is 18.9 Å². The Kier molecular flexibility index (Phi) is 4.11. The van der Waals surface area contributed by atoms with Crippen molar-refractivity contribution in [3.63, 3.8) is 0 Å². The van der Waals surface area contributed by atoms with E-state index in [1.807, 2.05) is 6.92 Å². The van der Waals surface area contributed by atoms with Crippen LogP contribution in [0.3, 0.4) is 0 Å². The van der Waals surface area contributed by atoms with Gasteiger partial charge in [0.15, 0.2) is 0 Å². The minimum absolute atomic E-state index is 0.0902. The number of alkyl halides is 3. The first-order chi connectivity index (χ1) is 8.80. The van der Waals surface area contributed by atoms with Gasteiger partial charge in [-0.25, -0.2) is 0 Å². The molecule has 2 nitrogen and oxygen atoms in total. The number of nitrogens with one attached hydrogen (secondary N) is 1. The van der Waals surface area contributed by atoms with Crippen LogP contribution in [0.1, 0.15) is 25.3 Å². The molecule has 0 saturated carbocycles. The van der Waals surface area contributed by atoms with E-state index in [1.165, 1.54) is 6.07 Å². The third-order valence-electron chi connectivity index (χ3n) is 3.24. The van der Waals surface area contributed by atoms with Crippen molar-refractivity contribution in [2.24, 2.45) is 0 Å². The van der Waals surface area contributed by atoms with Crippen molar-refractivity contribution in [3.05, 3.63) is 28.2 Å². The van der Waals surface area contributed by atoms with Gasteiger partial charge in [-0.05, 0) is 38.0 Å². The maximum absolute atomic E-state index is 12.9. The van der Waals surface area contributed by atoms with Crippen LogP contribution in [-0.4, -0.2) is 18.8 Å². The monoisotopic (exact) mass is 337 g/mol. The molecule has 0 spiro atoms. The molecule has 0 amide bonds. The minimum atomic E-state index is -4.37. The topological polar surface area (TPSA) is 21.3 Å². The molecule has 1 fully saturated rings. The molecule has 0 aliphatic carbocycles. The second-order valence-corrected chi connectivity index (χ2v) is 5.86. The molecular weight excluding hydrogens is 323 g/mol. The number of halogens is 4. The van der Waals surface area contributed by atoms with Crippen LogP contribution in [0.2, 0.25) is 0 Å². The van der Waals surface area contributed by atoms with Crippen molar-refractivity contribution < 1.29 is 17.9 Å². The van der Waals surface area contributed by atoms with E-state index in [1.54, 1.807) is 6.07 Å². The number of hydrogen-bond acceptors (Lipinski definition) is 2.